The quantitative estimate of drug-likeness (QED) is 0.241. The molecule has 4 rings (SSSR count). The highest BCUT2D eigenvalue weighted by molar-refractivity contribution is 7.17. The molecule has 0 aliphatic heterocycles. The van der Waals surface area contributed by atoms with Gasteiger partial charge in [0.2, 0.25) is 0 Å². The lowest BCUT2D eigenvalue weighted by Crippen LogP contribution is -2.38. The van der Waals surface area contributed by atoms with Crippen LogP contribution in [0.5, 0.6) is 0 Å². The van der Waals surface area contributed by atoms with Gasteiger partial charge in [0.25, 0.3) is 11.8 Å². The number of amides is 2. The van der Waals surface area contributed by atoms with Gasteiger partial charge >= 0.3 is 5.97 Å². The van der Waals surface area contributed by atoms with E-state index in [1.807, 2.05) is 12.1 Å². The molecule has 0 radical (unpaired) electrons. The summed E-state index contributed by atoms with van der Waals surface area (Å²) in [6, 6.07) is 12.2. The minimum Gasteiger partial charge on any atom is -0.480 e. The van der Waals surface area contributed by atoms with Crippen LogP contribution in [0, 0.1) is 0 Å². The van der Waals surface area contributed by atoms with E-state index in [2.05, 4.69) is 38.4 Å². The van der Waals surface area contributed by atoms with Gasteiger partial charge in [0, 0.05) is 25.3 Å². The smallest absolute Gasteiger partial charge is 0.325 e. The van der Waals surface area contributed by atoms with E-state index in [0.29, 0.717) is 34.5 Å². The Labute approximate surface area is 218 Å². The molecule has 1 atom stereocenters. The Hall–Kier alpha value is -3.96. The van der Waals surface area contributed by atoms with E-state index in [9.17, 15) is 14.4 Å². The van der Waals surface area contributed by atoms with Crippen molar-refractivity contribution in [2.75, 3.05) is 36.2 Å². The standard InChI is InChI=1S/C26H29N5O5S/c1-15(25(34)35)29-23(32)18-7-8-20(27-9-10-36-2)21(13-18)31-24(33)22-14-28-26(37-22)30-19-11-16-5-3-4-6-17(16)12-19/h3-8,13-15,19,27H,9-12H2,1-2H3,(H,28,30)(H,29,32)(H,31,33)(H,34,35)/t15-/m0/s1. The molecule has 1 heterocycles. The zero-order valence-corrected chi connectivity index (χ0v) is 21.4. The number of thiazole rings is 1. The number of nitrogens with one attached hydrogen (secondary N) is 4. The Morgan fingerprint density at radius 1 is 1.11 bits per heavy atom. The molecule has 0 unspecified atom stereocenters. The average Bonchev–Trinajstić information content (AvgIpc) is 3.51. The van der Waals surface area contributed by atoms with Gasteiger partial charge in [0.1, 0.15) is 10.9 Å². The topological polar surface area (TPSA) is 142 Å². The van der Waals surface area contributed by atoms with Crippen LogP contribution in [-0.2, 0) is 22.4 Å². The van der Waals surface area contributed by atoms with Gasteiger partial charge in [-0.15, -0.1) is 0 Å². The molecular weight excluding hydrogens is 494 g/mol. The first kappa shape index (κ1) is 26.1. The minimum atomic E-state index is -1.14. The number of carboxylic acid groups (broad SMARTS) is 1. The second kappa shape index (κ2) is 11.8. The highest BCUT2D eigenvalue weighted by Gasteiger charge is 2.23. The van der Waals surface area contributed by atoms with E-state index in [4.69, 9.17) is 9.84 Å². The molecule has 0 saturated heterocycles. The van der Waals surface area contributed by atoms with Gasteiger partial charge in [-0.2, -0.15) is 0 Å². The number of hydrogen-bond donors (Lipinski definition) is 5. The summed E-state index contributed by atoms with van der Waals surface area (Å²) in [6.07, 6.45) is 3.33. The Kier molecular flexibility index (Phi) is 8.36. The number of fused-ring (bicyclic) bond motifs is 1. The fraction of sp³-hybridized carbons (Fsp3) is 0.308. The highest BCUT2D eigenvalue weighted by atomic mass is 32.1. The van der Waals surface area contributed by atoms with Crippen LogP contribution in [0.2, 0.25) is 0 Å². The number of carbonyl (C=O) groups excluding carboxylic acids is 2. The van der Waals surface area contributed by atoms with Crippen molar-refractivity contribution in [3.63, 3.8) is 0 Å². The number of anilines is 3. The van der Waals surface area contributed by atoms with Crippen LogP contribution in [0.4, 0.5) is 16.5 Å². The number of benzene rings is 2. The molecule has 3 aromatic rings. The van der Waals surface area contributed by atoms with Crippen LogP contribution in [0.15, 0.2) is 48.7 Å². The van der Waals surface area contributed by atoms with E-state index in [1.54, 1.807) is 19.2 Å². The fourth-order valence-corrected chi connectivity index (χ4v) is 4.83. The average molecular weight is 524 g/mol. The second-order valence-electron chi connectivity index (χ2n) is 8.72. The molecule has 0 spiro atoms. The normalized spacial score (nSPS) is 13.5. The second-order valence-corrected chi connectivity index (χ2v) is 9.75. The number of hydrogen-bond acceptors (Lipinski definition) is 8. The lowest BCUT2D eigenvalue weighted by Gasteiger charge is -2.15. The largest absolute Gasteiger partial charge is 0.480 e. The molecule has 11 heteroatoms. The van der Waals surface area contributed by atoms with Gasteiger partial charge in [-0.05, 0) is 49.1 Å². The Balaban J connectivity index is 1.45. The van der Waals surface area contributed by atoms with Crippen molar-refractivity contribution in [2.24, 2.45) is 0 Å². The van der Waals surface area contributed by atoms with Crippen LogP contribution >= 0.6 is 11.3 Å². The lowest BCUT2D eigenvalue weighted by atomic mass is 10.1. The molecular formula is C26H29N5O5S. The molecule has 5 N–H and O–H groups in total. The highest BCUT2D eigenvalue weighted by Crippen LogP contribution is 2.28. The summed E-state index contributed by atoms with van der Waals surface area (Å²) in [6.45, 7) is 2.31. The number of aliphatic carboxylic acids is 1. The van der Waals surface area contributed by atoms with Gasteiger partial charge in [-0.3, -0.25) is 14.4 Å². The Morgan fingerprint density at radius 3 is 2.51 bits per heavy atom. The van der Waals surface area contributed by atoms with Crippen molar-refractivity contribution in [1.82, 2.24) is 10.3 Å². The van der Waals surface area contributed by atoms with Crippen molar-refractivity contribution in [3.05, 3.63) is 70.2 Å². The van der Waals surface area contributed by atoms with Gasteiger partial charge < -0.3 is 31.1 Å². The van der Waals surface area contributed by atoms with E-state index in [0.717, 1.165) is 12.8 Å². The number of methoxy groups -OCH3 is 1. The Morgan fingerprint density at radius 2 is 1.84 bits per heavy atom. The zero-order valence-electron chi connectivity index (χ0n) is 20.5. The molecule has 2 aromatic carbocycles. The third-order valence-electron chi connectivity index (χ3n) is 5.98. The predicted octanol–water partition coefficient (Wildman–Crippen LogP) is 3.24. The monoisotopic (exact) mass is 523 g/mol. The number of nitrogens with zero attached hydrogens (tertiary/aromatic N) is 1. The molecule has 0 bridgehead atoms. The van der Waals surface area contributed by atoms with Crippen LogP contribution in [0.1, 0.15) is 38.1 Å². The molecule has 1 aromatic heterocycles. The summed E-state index contributed by atoms with van der Waals surface area (Å²) in [5.41, 5.74) is 3.84. The van der Waals surface area contributed by atoms with E-state index < -0.39 is 17.9 Å². The first-order chi connectivity index (χ1) is 17.8. The summed E-state index contributed by atoms with van der Waals surface area (Å²) in [5, 5.41) is 21.6. The first-order valence-electron chi connectivity index (χ1n) is 11.8. The summed E-state index contributed by atoms with van der Waals surface area (Å²) < 4.78 is 5.08. The van der Waals surface area contributed by atoms with Crippen molar-refractivity contribution >= 4 is 45.6 Å². The van der Waals surface area contributed by atoms with Crippen LogP contribution < -0.4 is 21.3 Å². The summed E-state index contributed by atoms with van der Waals surface area (Å²) in [7, 11) is 1.58. The number of rotatable bonds is 11. The van der Waals surface area contributed by atoms with Crippen LogP contribution in [-0.4, -0.2) is 60.2 Å². The molecule has 37 heavy (non-hydrogen) atoms. The summed E-state index contributed by atoms with van der Waals surface area (Å²) in [5.74, 6) is -2.07. The summed E-state index contributed by atoms with van der Waals surface area (Å²) in [4.78, 5) is 41.5. The minimum absolute atomic E-state index is 0.216. The molecule has 1 aliphatic rings. The predicted molar refractivity (Wildman–Crippen MR) is 143 cm³/mol. The first-order valence-corrected chi connectivity index (χ1v) is 12.7. The van der Waals surface area contributed by atoms with Crippen molar-refractivity contribution in [3.8, 4) is 0 Å². The maximum absolute atomic E-state index is 13.1. The van der Waals surface area contributed by atoms with Crippen LogP contribution in [0.3, 0.4) is 0 Å². The van der Waals surface area contributed by atoms with Crippen molar-refractivity contribution < 1.29 is 24.2 Å². The number of carboxylic acids is 1. The number of aromatic nitrogens is 1. The van der Waals surface area contributed by atoms with Crippen LogP contribution in [0.25, 0.3) is 0 Å². The van der Waals surface area contributed by atoms with Crippen molar-refractivity contribution in [1.29, 1.82) is 0 Å². The van der Waals surface area contributed by atoms with Gasteiger partial charge in [0.15, 0.2) is 5.13 Å². The Bertz CT molecular complexity index is 1270. The van der Waals surface area contributed by atoms with E-state index in [1.165, 1.54) is 41.7 Å². The molecule has 0 fully saturated rings. The van der Waals surface area contributed by atoms with Gasteiger partial charge in [-0.25, -0.2) is 4.98 Å². The number of ether oxygens (including phenoxy) is 1. The van der Waals surface area contributed by atoms with E-state index in [-0.39, 0.29) is 17.5 Å². The lowest BCUT2D eigenvalue weighted by molar-refractivity contribution is -0.138. The SMILES string of the molecule is COCCNc1ccc(C(=O)N[C@@H](C)C(=O)O)cc1NC(=O)c1cnc(NC2Cc3ccccc3C2)s1. The molecule has 0 saturated carbocycles. The molecule has 10 nitrogen and oxygen atoms in total. The van der Waals surface area contributed by atoms with Gasteiger partial charge in [0.05, 0.1) is 24.2 Å². The maximum atomic E-state index is 13.1. The molecule has 194 valence electrons. The summed E-state index contributed by atoms with van der Waals surface area (Å²) >= 11 is 1.26. The number of carbonyl (C=O) groups is 3. The zero-order chi connectivity index (χ0) is 26.4. The molecule has 1 aliphatic carbocycles. The third-order valence-corrected chi connectivity index (χ3v) is 6.91. The van der Waals surface area contributed by atoms with Crippen molar-refractivity contribution in [2.45, 2.75) is 31.8 Å². The third kappa shape index (κ3) is 6.63. The molecule has 2 amide bonds. The van der Waals surface area contributed by atoms with E-state index >= 15 is 0 Å². The fourth-order valence-electron chi connectivity index (χ4n) is 4.04. The van der Waals surface area contributed by atoms with Gasteiger partial charge in [-0.1, -0.05) is 35.6 Å². The maximum Gasteiger partial charge on any atom is 0.325 e.